The summed E-state index contributed by atoms with van der Waals surface area (Å²) >= 11 is 0. The lowest BCUT2D eigenvalue weighted by atomic mass is 10.0. The van der Waals surface area contributed by atoms with Gasteiger partial charge in [0.2, 0.25) is 0 Å². The lowest BCUT2D eigenvalue weighted by Crippen LogP contribution is -2.40. The van der Waals surface area contributed by atoms with E-state index < -0.39 is 22.4 Å². The van der Waals surface area contributed by atoms with E-state index in [-0.39, 0.29) is 17.9 Å². The van der Waals surface area contributed by atoms with Gasteiger partial charge in [-0.05, 0) is 38.4 Å². The fourth-order valence-electron chi connectivity index (χ4n) is 2.36. The molecule has 1 saturated heterocycles. The second-order valence-corrected chi connectivity index (χ2v) is 5.05. The first-order valence-corrected chi connectivity index (χ1v) is 6.53. The number of piperidine rings is 1. The molecule has 1 aromatic carbocycles. The van der Waals surface area contributed by atoms with Crippen molar-refractivity contribution in [3.05, 3.63) is 33.9 Å². The second-order valence-electron chi connectivity index (χ2n) is 5.05. The van der Waals surface area contributed by atoms with Gasteiger partial charge in [0.1, 0.15) is 17.4 Å². The van der Waals surface area contributed by atoms with Gasteiger partial charge in [0.25, 0.3) is 5.69 Å². The molecule has 2 atom stereocenters. The summed E-state index contributed by atoms with van der Waals surface area (Å²) in [6, 6.07) is 2.97. The Hall–Kier alpha value is -1.83. The van der Waals surface area contributed by atoms with Crippen LogP contribution in [0.4, 0.5) is 18.9 Å². The van der Waals surface area contributed by atoms with Gasteiger partial charge >= 0.3 is 6.18 Å². The monoisotopic (exact) mass is 304 g/mol. The molecule has 1 aliphatic heterocycles. The van der Waals surface area contributed by atoms with E-state index >= 15 is 0 Å². The summed E-state index contributed by atoms with van der Waals surface area (Å²) < 4.78 is 44.1. The first-order valence-electron chi connectivity index (χ1n) is 6.53. The molecule has 21 heavy (non-hydrogen) atoms. The number of nitro groups is 1. The number of hydrogen-bond acceptors (Lipinski definition) is 4. The van der Waals surface area contributed by atoms with Gasteiger partial charge < -0.3 is 10.1 Å². The van der Waals surface area contributed by atoms with Crippen molar-refractivity contribution >= 4 is 5.69 Å². The molecule has 1 aromatic rings. The van der Waals surface area contributed by atoms with E-state index in [0.717, 1.165) is 12.6 Å². The van der Waals surface area contributed by atoms with Crippen LogP contribution >= 0.6 is 0 Å². The molecule has 0 aromatic heterocycles. The minimum absolute atomic E-state index is 0.00650. The predicted molar refractivity (Wildman–Crippen MR) is 69.2 cm³/mol. The topological polar surface area (TPSA) is 64.4 Å². The van der Waals surface area contributed by atoms with Crippen LogP contribution < -0.4 is 10.1 Å². The molecule has 1 aliphatic rings. The van der Waals surface area contributed by atoms with E-state index in [1.54, 1.807) is 0 Å². The summed E-state index contributed by atoms with van der Waals surface area (Å²) in [5, 5.41) is 13.9. The van der Waals surface area contributed by atoms with Gasteiger partial charge in [-0.15, -0.1) is 0 Å². The Kier molecular flexibility index (Phi) is 4.36. The lowest BCUT2D eigenvalue weighted by molar-refractivity contribution is -0.388. The largest absolute Gasteiger partial charge is 0.490 e. The van der Waals surface area contributed by atoms with Crippen LogP contribution in [0.1, 0.15) is 25.3 Å². The van der Waals surface area contributed by atoms with Gasteiger partial charge in [0.05, 0.1) is 4.92 Å². The van der Waals surface area contributed by atoms with Gasteiger partial charge in [0, 0.05) is 12.1 Å². The minimum atomic E-state index is -4.79. The van der Waals surface area contributed by atoms with Crippen LogP contribution in [0.5, 0.6) is 5.75 Å². The van der Waals surface area contributed by atoms with Gasteiger partial charge in [-0.1, -0.05) is 0 Å². The zero-order valence-corrected chi connectivity index (χ0v) is 11.3. The summed E-state index contributed by atoms with van der Waals surface area (Å²) in [4.78, 5) is 9.63. The molecule has 0 saturated carbocycles. The Bertz CT molecular complexity index is 534. The standard InChI is InChI=1S/C13H15F3N2O3/c1-8-6-10(4-5-17-8)21-9-2-3-12(18(19)20)11(7-9)13(14,15)16/h2-3,7-8,10,17H,4-6H2,1H3. The fourth-order valence-corrected chi connectivity index (χ4v) is 2.36. The Labute approximate surface area is 119 Å². The highest BCUT2D eigenvalue weighted by molar-refractivity contribution is 5.47. The Balaban J connectivity index is 2.23. The average molecular weight is 304 g/mol. The zero-order valence-electron chi connectivity index (χ0n) is 11.3. The highest BCUT2D eigenvalue weighted by atomic mass is 19.4. The van der Waals surface area contributed by atoms with Gasteiger partial charge in [0.15, 0.2) is 0 Å². The highest BCUT2D eigenvalue weighted by Gasteiger charge is 2.38. The molecule has 8 heteroatoms. The minimum Gasteiger partial charge on any atom is -0.490 e. The summed E-state index contributed by atoms with van der Waals surface area (Å²) in [5.41, 5.74) is -2.25. The Morgan fingerprint density at radius 1 is 1.43 bits per heavy atom. The number of benzene rings is 1. The number of rotatable bonds is 3. The Morgan fingerprint density at radius 2 is 2.14 bits per heavy atom. The summed E-state index contributed by atoms with van der Waals surface area (Å²) in [5.74, 6) is 0.00650. The molecule has 0 bridgehead atoms. The third kappa shape index (κ3) is 3.84. The van der Waals surface area contributed by atoms with Crippen molar-refractivity contribution in [2.75, 3.05) is 6.54 Å². The van der Waals surface area contributed by atoms with E-state index in [4.69, 9.17) is 4.74 Å². The molecule has 1 fully saturated rings. The number of nitro benzene ring substituents is 1. The smallest absolute Gasteiger partial charge is 0.423 e. The van der Waals surface area contributed by atoms with E-state index in [1.807, 2.05) is 6.92 Å². The molecule has 0 spiro atoms. The van der Waals surface area contributed by atoms with E-state index in [9.17, 15) is 23.3 Å². The van der Waals surface area contributed by atoms with Crippen molar-refractivity contribution in [3.63, 3.8) is 0 Å². The van der Waals surface area contributed by atoms with Gasteiger partial charge in [-0.2, -0.15) is 13.2 Å². The predicted octanol–water partition coefficient (Wildman–Crippen LogP) is 3.13. The van der Waals surface area contributed by atoms with E-state index in [1.165, 1.54) is 6.07 Å². The van der Waals surface area contributed by atoms with Crippen LogP contribution in [-0.4, -0.2) is 23.6 Å². The third-order valence-electron chi connectivity index (χ3n) is 3.35. The van der Waals surface area contributed by atoms with Gasteiger partial charge in [-0.3, -0.25) is 10.1 Å². The number of ether oxygens (including phenoxy) is 1. The molecule has 1 N–H and O–H groups in total. The quantitative estimate of drug-likeness (QED) is 0.688. The average Bonchev–Trinajstić information content (AvgIpc) is 2.37. The molecular weight excluding hydrogens is 289 g/mol. The number of nitrogens with zero attached hydrogens (tertiary/aromatic N) is 1. The van der Waals surface area contributed by atoms with Crippen molar-refractivity contribution in [2.24, 2.45) is 0 Å². The SMILES string of the molecule is CC1CC(Oc2ccc([N+](=O)[O-])c(C(F)(F)F)c2)CCN1. The summed E-state index contributed by atoms with van der Waals surface area (Å²) in [6.45, 7) is 2.69. The summed E-state index contributed by atoms with van der Waals surface area (Å²) in [7, 11) is 0. The normalized spacial score (nSPS) is 22.9. The molecular formula is C13H15F3N2O3. The first kappa shape index (κ1) is 15.6. The number of alkyl halides is 3. The van der Waals surface area contributed by atoms with Crippen LogP contribution in [0.25, 0.3) is 0 Å². The molecule has 0 radical (unpaired) electrons. The number of halogens is 3. The van der Waals surface area contributed by atoms with Crippen LogP contribution in [0.15, 0.2) is 18.2 Å². The molecule has 0 amide bonds. The highest BCUT2D eigenvalue weighted by Crippen LogP contribution is 2.38. The second kappa shape index (κ2) is 5.88. The van der Waals surface area contributed by atoms with Crippen molar-refractivity contribution in [2.45, 2.75) is 38.1 Å². The molecule has 5 nitrogen and oxygen atoms in total. The van der Waals surface area contributed by atoms with Gasteiger partial charge in [-0.25, -0.2) is 0 Å². The fraction of sp³-hybridized carbons (Fsp3) is 0.538. The number of hydrogen-bond donors (Lipinski definition) is 1. The van der Waals surface area contributed by atoms with Crippen LogP contribution in [0, 0.1) is 10.1 Å². The third-order valence-corrected chi connectivity index (χ3v) is 3.35. The van der Waals surface area contributed by atoms with Crippen molar-refractivity contribution in [1.82, 2.24) is 5.32 Å². The van der Waals surface area contributed by atoms with Crippen LogP contribution in [0.3, 0.4) is 0 Å². The van der Waals surface area contributed by atoms with E-state index in [0.29, 0.717) is 18.9 Å². The molecule has 0 aliphatic carbocycles. The molecule has 1 heterocycles. The van der Waals surface area contributed by atoms with Crippen molar-refractivity contribution in [1.29, 1.82) is 0 Å². The number of nitrogens with one attached hydrogen (secondary N) is 1. The van der Waals surface area contributed by atoms with Crippen LogP contribution in [0.2, 0.25) is 0 Å². The zero-order chi connectivity index (χ0) is 15.6. The maximum absolute atomic E-state index is 12.9. The summed E-state index contributed by atoms with van der Waals surface area (Å²) in [6.07, 6.45) is -3.62. The van der Waals surface area contributed by atoms with Crippen molar-refractivity contribution in [3.8, 4) is 5.75 Å². The van der Waals surface area contributed by atoms with Crippen LogP contribution in [-0.2, 0) is 6.18 Å². The van der Waals surface area contributed by atoms with Crippen molar-refractivity contribution < 1.29 is 22.8 Å². The first-order chi connectivity index (χ1) is 9.77. The Morgan fingerprint density at radius 3 is 2.71 bits per heavy atom. The lowest BCUT2D eigenvalue weighted by Gasteiger charge is -2.28. The molecule has 116 valence electrons. The van der Waals surface area contributed by atoms with E-state index in [2.05, 4.69) is 5.32 Å². The molecule has 2 rings (SSSR count). The maximum Gasteiger partial charge on any atom is 0.423 e. The maximum atomic E-state index is 12.9. The molecule has 2 unspecified atom stereocenters.